The van der Waals surface area contributed by atoms with Crippen LogP contribution in [0, 0.1) is 17.3 Å². The molecule has 2 nitrogen and oxygen atoms in total. The molecule has 0 bridgehead atoms. The van der Waals surface area contributed by atoms with E-state index < -0.39 is 0 Å². The third kappa shape index (κ3) is 3.34. The molecule has 2 aliphatic rings. The Kier molecular flexibility index (Phi) is 6.12. The number of alkyl halides is 2. The number of fused-ring (bicyclic) bond motifs is 1. The molecule has 3 atom stereocenters. The Morgan fingerprint density at radius 2 is 1.96 bits per heavy atom. The van der Waals surface area contributed by atoms with Crippen molar-refractivity contribution in [2.45, 2.75) is 32.3 Å². The van der Waals surface area contributed by atoms with E-state index in [0.29, 0.717) is 30.2 Å². The molecule has 132 valence electrons. The van der Waals surface area contributed by atoms with Gasteiger partial charge in [0.05, 0.1) is 20.3 Å². The van der Waals surface area contributed by atoms with Crippen LogP contribution in [0.15, 0.2) is 35.9 Å². The number of rotatable bonds is 7. The highest BCUT2D eigenvalue weighted by atomic mass is 35.5. The third-order valence-electron chi connectivity index (χ3n) is 5.86. The van der Waals surface area contributed by atoms with E-state index in [0.717, 1.165) is 18.8 Å². The number of methoxy groups -OCH3 is 1. The fourth-order valence-electron chi connectivity index (χ4n) is 4.45. The Labute approximate surface area is 155 Å². The van der Waals surface area contributed by atoms with Gasteiger partial charge in [0.15, 0.2) is 0 Å². The molecule has 1 saturated carbocycles. The van der Waals surface area contributed by atoms with Crippen LogP contribution in [0.2, 0.25) is 0 Å². The molecular formula is C20H26Cl2O2. The molecule has 1 aromatic carbocycles. The summed E-state index contributed by atoms with van der Waals surface area (Å²) in [6.45, 7) is 1.37. The summed E-state index contributed by atoms with van der Waals surface area (Å²) in [6, 6.07) is 8.05. The number of hydrogen-bond acceptors (Lipinski definition) is 2. The second-order valence-corrected chi connectivity index (χ2v) is 7.52. The van der Waals surface area contributed by atoms with Gasteiger partial charge < -0.3 is 9.47 Å². The lowest BCUT2D eigenvalue weighted by atomic mass is 9.61. The highest BCUT2D eigenvalue weighted by Crippen LogP contribution is 2.56. The number of hydrogen-bond donors (Lipinski definition) is 0. The van der Waals surface area contributed by atoms with Crippen LogP contribution in [0.1, 0.15) is 31.2 Å². The van der Waals surface area contributed by atoms with Crippen molar-refractivity contribution >= 4 is 23.2 Å². The average molecular weight is 369 g/mol. The molecule has 2 aliphatic carbocycles. The molecule has 0 aromatic heterocycles. The molecule has 3 rings (SSSR count). The van der Waals surface area contributed by atoms with Crippen molar-refractivity contribution in [2.24, 2.45) is 17.3 Å². The Morgan fingerprint density at radius 1 is 1.17 bits per heavy atom. The molecule has 1 aromatic rings. The Morgan fingerprint density at radius 3 is 2.62 bits per heavy atom. The molecule has 0 aliphatic heterocycles. The first-order valence-corrected chi connectivity index (χ1v) is 9.83. The van der Waals surface area contributed by atoms with Crippen LogP contribution in [0.3, 0.4) is 0 Å². The summed E-state index contributed by atoms with van der Waals surface area (Å²) in [7, 11) is 1.68. The van der Waals surface area contributed by atoms with Gasteiger partial charge in [-0.05, 0) is 55.2 Å². The smallest absolute Gasteiger partial charge is 0.118 e. The van der Waals surface area contributed by atoms with Gasteiger partial charge in [-0.3, -0.25) is 0 Å². The predicted molar refractivity (Wildman–Crippen MR) is 100 cm³/mol. The molecule has 0 radical (unpaired) electrons. The minimum absolute atomic E-state index is 0.0570. The molecule has 0 unspecified atom stereocenters. The van der Waals surface area contributed by atoms with Gasteiger partial charge in [0.25, 0.3) is 0 Å². The van der Waals surface area contributed by atoms with Gasteiger partial charge in [0.1, 0.15) is 5.75 Å². The molecule has 0 amide bonds. The van der Waals surface area contributed by atoms with Crippen LogP contribution in [0.25, 0.3) is 0 Å². The lowest BCUT2D eigenvalue weighted by Gasteiger charge is -2.46. The summed E-state index contributed by atoms with van der Waals surface area (Å²) < 4.78 is 11.3. The number of allylic oxidation sites excluding steroid dienone is 2. The van der Waals surface area contributed by atoms with Crippen molar-refractivity contribution in [1.82, 2.24) is 0 Å². The lowest BCUT2D eigenvalue weighted by molar-refractivity contribution is 0.0274. The monoisotopic (exact) mass is 368 g/mol. The molecule has 0 saturated heterocycles. The molecular weight excluding hydrogens is 343 g/mol. The molecule has 1 fully saturated rings. The van der Waals surface area contributed by atoms with E-state index in [1.807, 2.05) is 12.1 Å². The molecule has 0 heterocycles. The summed E-state index contributed by atoms with van der Waals surface area (Å²) >= 11 is 12.8. The summed E-state index contributed by atoms with van der Waals surface area (Å²) in [5, 5.41) is 0. The van der Waals surface area contributed by atoms with Gasteiger partial charge in [0, 0.05) is 17.2 Å². The topological polar surface area (TPSA) is 18.5 Å². The van der Waals surface area contributed by atoms with Gasteiger partial charge in [-0.25, -0.2) is 0 Å². The Hall–Kier alpha value is -0.700. The summed E-state index contributed by atoms with van der Waals surface area (Å²) in [5.74, 6) is 3.16. The first kappa shape index (κ1) is 18.1. The Balaban J connectivity index is 1.62. The fraction of sp³-hybridized carbons (Fsp3) is 0.600. The van der Waals surface area contributed by atoms with Crippen molar-refractivity contribution in [3.63, 3.8) is 0 Å². The van der Waals surface area contributed by atoms with Gasteiger partial charge in [-0.1, -0.05) is 23.8 Å². The van der Waals surface area contributed by atoms with E-state index >= 15 is 0 Å². The van der Waals surface area contributed by atoms with E-state index in [-0.39, 0.29) is 5.41 Å². The summed E-state index contributed by atoms with van der Waals surface area (Å²) in [5.41, 5.74) is 2.76. The molecule has 0 N–H and O–H groups in total. The van der Waals surface area contributed by atoms with Crippen molar-refractivity contribution in [2.75, 3.05) is 25.5 Å². The highest BCUT2D eigenvalue weighted by molar-refractivity contribution is 6.19. The van der Waals surface area contributed by atoms with Crippen LogP contribution in [-0.2, 0) is 11.3 Å². The summed E-state index contributed by atoms with van der Waals surface area (Å²) in [4.78, 5) is 0. The van der Waals surface area contributed by atoms with Gasteiger partial charge >= 0.3 is 0 Å². The van der Waals surface area contributed by atoms with E-state index in [4.69, 9.17) is 32.7 Å². The van der Waals surface area contributed by atoms with Crippen LogP contribution >= 0.6 is 23.2 Å². The first-order valence-electron chi connectivity index (χ1n) is 8.76. The van der Waals surface area contributed by atoms with E-state index in [9.17, 15) is 0 Å². The second-order valence-electron chi connectivity index (χ2n) is 6.94. The molecule has 24 heavy (non-hydrogen) atoms. The van der Waals surface area contributed by atoms with Crippen molar-refractivity contribution in [3.8, 4) is 5.75 Å². The van der Waals surface area contributed by atoms with Crippen LogP contribution in [-0.4, -0.2) is 25.5 Å². The minimum Gasteiger partial charge on any atom is -0.497 e. The average Bonchev–Trinajstić information content (AvgIpc) is 3.01. The fourth-order valence-corrected chi connectivity index (χ4v) is 5.49. The molecule has 0 spiro atoms. The standard InChI is InChI=1S/C20H26Cl2O2/c1-23-19-9-5-15(6-10-19)12-24-13-18-8-7-16-3-2-4-17(11-21)20(16,18)14-22/h5-7,9-10,17-18H,2-4,8,11-14H2,1H3/t17-,18-,20+/m1/s1. The second kappa shape index (κ2) is 8.12. The number of ether oxygens (including phenoxy) is 2. The maximum absolute atomic E-state index is 6.50. The van der Waals surface area contributed by atoms with Crippen LogP contribution in [0.5, 0.6) is 5.75 Å². The quantitative estimate of drug-likeness (QED) is 0.472. The lowest BCUT2D eigenvalue weighted by Crippen LogP contribution is -2.43. The Bertz CT molecular complexity index is 570. The largest absolute Gasteiger partial charge is 0.497 e. The van der Waals surface area contributed by atoms with E-state index in [1.165, 1.54) is 30.4 Å². The first-order chi connectivity index (χ1) is 11.7. The van der Waals surface area contributed by atoms with Gasteiger partial charge in [-0.2, -0.15) is 0 Å². The summed E-state index contributed by atoms with van der Waals surface area (Å²) in [6.07, 6.45) is 7.07. The zero-order valence-corrected chi connectivity index (χ0v) is 15.8. The van der Waals surface area contributed by atoms with E-state index in [1.54, 1.807) is 7.11 Å². The SMILES string of the molecule is COc1ccc(COC[C@H]2CC=C3CCC[C@H](CCl)[C@]32CCl)cc1. The number of benzene rings is 1. The number of halogens is 2. The predicted octanol–water partition coefficient (Wildman–Crippen LogP) is 5.42. The maximum atomic E-state index is 6.50. The van der Waals surface area contributed by atoms with Crippen molar-refractivity contribution in [1.29, 1.82) is 0 Å². The zero-order chi connectivity index (χ0) is 17.0. The van der Waals surface area contributed by atoms with Crippen molar-refractivity contribution < 1.29 is 9.47 Å². The van der Waals surface area contributed by atoms with Crippen LogP contribution in [0.4, 0.5) is 0 Å². The normalized spacial score (nSPS) is 29.2. The molecule has 4 heteroatoms. The highest BCUT2D eigenvalue weighted by Gasteiger charge is 2.51. The third-order valence-corrected chi connectivity index (χ3v) is 6.67. The van der Waals surface area contributed by atoms with Crippen molar-refractivity contribution in [3.05, 3.63) is 41.5 Å². The van der Waals surface area contributed by atoms with Gasteiger partial charge in [-0.15, -0.1) is 23.2 Å². The van der Waals surface area contributed by atoms with Gasteiger partial charge in [0.2, 0.25) is 0 Å². The maximum Gasteiger partial charge on any atom is 0.118 e. The minimum atomic E-state index is 0.0570. The zero-order valence-electron chi connectivity index (χ0n) is 14.3. The van der Waals surface area contributed by atoms with Crippen LogP contribution < -0.4 is 4.74 Å². The van der Waals surface area contributed by atoms with E-state index in [2.05, 4.69) is 18.2 Å².